The Balaban J connectivity index is 1.73. The van der Waals surface area contributed by atoms with Crippen LogP contribution in [0.1, 0.15) is 51.4 Å². The molecule has 1 aliphatic rings. The summed E-state index contributed by atoms with van der Waals surface area (Å²) in [6.45, 7) is 17.5. The van der Waals surface area contributed by atoms with Crippen molar-refractivity contribution in [1.29, 1.82) is 0 Å². The topological polar surface area (TPSA) is 56.6 Å². The molecule has 0 saturated carbocycles. The second-order valence-electron chi connectivity index (χ2n) is 11.2. The number of hydrogen-bond donors (Lipinski definition) is 1. The van der Waals surface area contributed by atoms with Crippen molar-refractivity contribution in [2.24, 2.45) is 5.92 Å². The molecule has 0 spiro atoms. The van der Waals surface area contributed by atoms with Gasteiger partial charge in [-0.25, -0.2) is 13.9 Å². The first kappa shape index (κ1) is 28.6. The number of carbonyl (C=O) groups is 1. The van der Waals surface area contributed by atoms with Gasteiger partial charge in [0.05, 0.1) is 17.9 Å². The number of carbonyl (C=O) groups excluding carboxylic acids is 1. The maximum atomic E-state index is 13.8. The highest BCUT2D eigenvalue weighted by molar-refractivity contribution is 5.89. The highest BCUT2D eigenvalue weighted by Crippen LogP contribution is 2.31. The van der Waals surface area contributed by atoms with E-state index in [4.69, 9.17) is 5.10 Å². The Kier molecular flexibility index (Phi) is 9.28. The smallest absolute Gasteiger partial charge is 0.322 e. The summed E-state index contributed by atoms with van der Waals surface area (Å²) in [6, 6.07) is 14.7. The molecule has 1 N–H and O–H groups in total. The molecule has 0 bridgehead atoms. The fourth-order valence-corrected chi connectivity index (χ4v) is 5.24. The first-order valence-corrected chi connectivity index (χ1v) is 14.1. The lowest BCUT2D eigenvalue weighted by molar-refractivity contribution is 0.200. The Morgan fingerprint density at radius 1 is 1.05 bits per heavy atom. The van der Waals surface area contributed by atoms with Crippen LogP contribution in [0.4, 0.5) is 20.7 Å². The van der Waals surface area contributed by atoms with Gasteiger partial charge in [0.15, 0.2) is 0 Å². The van der Waals surface area contributed by atoms with Gasteiger partial charge >= 0.3 is 6.03 Å². The number of aromatic nitrogens is 2. The maximum absolute atomic E-state index is 13.8. The molecule has 2 aromatic carbocycles. The summed E-state index contributed by atoms with van der Waals surface area (Å²) >= 11 is 0. The fraction of sp³-hybridized carbons (Fsp3) is 0.484. The number of benzene rings is 2. The van der Waals surface area contributed by atoms with Crippen molar-refractivity contribution in [3.63, 3.8) is 0 Å². The summed E-state index contributed by atoms with van der Waals surface area (Å²) in [7, 11) is 0. The molecule has 39 heavy (non-hydrogen) atoms. The molecule has 7 nitrogen and oxygen atoms in total. The number of anilines is 2. The van der Waals surface area contributed by atoms with Crippen molar-refractivity contribution in [3.05, 3.63) is 71.2 Å². The average Bonchev–Trinajstić information content (AvgIpc) is 3.26. The fourth-order valence-electron chi connectivity index (χ4n) is 5.24. The Labute approximate surface area is 232 Å². The van der Waals surface area contributed by atoms with Crippen LogP contribution in [0.15, 0.2) is 48.5 Å². The van der Waals surface area contributed by atoms with E-state index in [-0.39, 0.29) is 11.8 Å². The molecule has 3 aromatic rings. The summed E-state index contributed by atoms with van der Waals surface area (Å²) in [5.74, 6) is 1.02. The van der Waals surface area contributed by atoms with Gasteiger partial charge in [0.25, 0.3) is 0 Å². The van der Waals surface area contributed by atoms with E-state index in [0.29, 0.717) is 25.0 Å². The largest absolute Gasteiger partial charge is 0.354 e. The molecule has 0 aliphatic carbocycles. The molecule has 8 heteroatoms. The van der Waals surface area contributed by atoms with E-state index in [9.17, 15) is 9.18 Å². The lowest BCUT2D eigenvalue weighted by Gasteiger charge is -2.38. The average molecular weight is 535 g/mol. The molecule has 0 atom stereocenters. The number of urea groups is 1. The number of hydrogen-bond acceptors (Lipinski definition) is 4. The van der Waals surface area contributed by atoms with Crippen LogP contribution in [0, 0.1) is 18.7 Å². The summed E-state index contributed by atoms with van der Waals surface area (Å²) in [4.78, 5) is 20.4. The van der Waals surface area contributed by atoms with Crippen LogP contribution in [0.5, 0.6) is 0 Å². The number of nitrogens with one attached hydrogen (secondary N) is 1. The molecular weight excluding hydrogens is 491 g/mol. The van der Waals surface area contributed by atoms with E-state index >= 15 is 0 Å². The minimum atomic E-state index is -0.273. The highest BCUT2D eigenvalue weighted by atomic mass is 19.1. The van der Waals surface area contributed by atoms with Crippen LogP contribution in [-0.4, -0.2) is 64.4 Å². The standard InChI is InChI=1S/C31H43FN6O/c1-7-29-28(21-37(20-22(2)3)31(39)33-26-10-8-9-24(6)19-26)30(36-17-15-35(16-18-36)23(4)5)38(34-29)27-13-11-25(32)12-14-27/h8-14,19,22-23H,7,15-18,20-21H2,1-6H3,(H,33,39). The molecule has 2 amide bonds. The molecule has 1 fully saturated rings. The van der Waals surface area contributed by atoms with Crippen LogP contribution < -0.4 is 10.2 Å². The number of aryl methyl sites for hydroxylation is 2. The van der Waals surface area contributed by atoms with Crippen LogP contribution in [0.2, 0.25) is 0 Å². The number of nitrogens with zero attached hydrogens (tertiary/aromatic N) is 5. The van der Waals surface area contributed by atoms with Crippen molar-refractivity contribution < 1.29 is 9.18 Å². The molecule has 4 rings (SSSR count). The van der Waals surface area contributed by atoms with E-state index in [1.807, 2.05) is 40.8 Å². The summed E-state index contributed by atoms with van der Waals surface area (Å²) in [5.41, 5.74) is 4.72. The summed E-state index contributed by atoms with van der Waals surface area (Å²) < 4.78 is 15.8. The van der Waals surface area contributed by atoms with Gasteiger partial charge in [-0.15, -0.1) is 0 Å². The molecule has 210 valence electrons. The van der Waals surface area contributed by atoms with Crippen LogP contribution >= 0.6 is 0 Å². The van der Waals surface area contributed by atoms with Crippen molar-refractivity contribution >= 4 is 17.5 Å². The number of rotatable bonds is 9. The molecule has 1 saturated heterocycles. The number of amides is 2. The van der Waals surface area contributed by atoms with Gasteiger partial charge < -0.3 is 15.1 Å². The molecule has 0 radical (unpaired) electrons. The van der Waals surface area contributed by atoms with Gasteiger partial charge in [-0.3, -0.25) is 4.90 Å². The first-order valence-electron chi connectivity index (χ1n) is 14.1. The predicted molar refractivity (Wildman–Crippen MR) is 157 cm³/mol. The normalized spacial score (nSPS) is 14.3. The Bertz CT molecular complexity index is 1240. The highest BCUT2D eigenvalue weighted by Gasteiger charge is 2.29. The number of halogens is 1. The molecule has 0 unspecified atom stereocenters. The molecule has 1 aliphatic heterocycles. The van der Waals surface area contributed by atoms with Gasteiger partial charge in [-0.1, -0.05) is 32.9 Å². The zero-order valence-electron chi connectivity index (χ0n) is 24.2. The van der Waals surface area contributed by atoms with E-state index in [1.54, 1.807) is 12.1 Å². The monoisotopic (exact) mass is 534 g/mol. The minimum absolute atomic E-state index is 0.124. The van der Waals surface area contributed by atoms with Gasteiger partial charge in [0.1, 0.15) is 11.6 Å². The van der Waals surface area contributed by atoms with Crippen LogP contribution in [-0.2, 0) is 13.0 Å². The molecule has 1 aromatic heterocycles. The van der Waals surface area contributed by atoms with Crippen LogP contribution in [0.3, 0.4) is 0 Å². The second-order valence-corrected chi connectivity index (χ2v) is 11.2. The molecular formula is C31H43FN6O. The quantitative estimate of drug-likeness (QED) is 0.360. The van der Waals surface area contributed by atoms with E-state index < -0.39 is 0 Å². The van der Waals surface area contributed by atoms with Gasteiger partial charge in [0, 0.05) is 50.0 Å². The van der Waals surface area contributed by atoms with Gasteiger partial charge in [-0.2, -0.15) is 5.10 Å². The lowest BCUT2D eigenvalue weighted by atomic mass is 10.1. The minimum Gasteiger partial charge on any atom is -0.354 e. The third kappa shape index (κ3) is 6.98. The zero-order valence-corrected chi connectivity index (χ0v) is 24.2. The zero-order chi connectivity index (χ0) is 28.1. The van der Waals surface area contributed by atoms with Crippen LogP contribution in [0.25, 0.3) is 5.69 Å². The van der Waals surface area contributed by atoms with Crippen molar-refractivity contribution in [2.75, 3.05) is 42.9 Å². The van der Waals surface area contributed by atoms with Gasteiger partial charge in [0.2, 0.25) is 0 Å². The Hall–Kier alpha value is -3.39. The lowest BCUT2D eigenvalue weighted by Crippen LogP contribution is -2.49. The van der Waals surface area contributed by atoms with Crippen molar-refractivity contribution in [2.45, 2.75) is 60.5 Å². The van der Waals surface area contributed by atoms with E-state index in [2.05, 4.69) is 49.7 Å². The number of piperazine rings is 1. The SMILES string of the molecule is CCc1nn(-c2ccc(F)cc2)c(N2CCN(C(C)C)CC2)c1CN(CC(C)C)C(=O)Nc1cccc(C)c1. The first-order chi connectivity index (χ1) is 18.7. The van der Waals surface area contributed by atoms with Gasteiger partial charge in [-0.05, 0) is 75.1 Å². The summed E-state index contributed by atoms with van der Waals surface area (Å²) in [6.07, 6.45) is 0.734. The van der Waals surface area contributed by atoms with E-state index in [0.717, 1.165) is 66.6 Å². The van der Waals surface area contributed by atoms with Crippen molar-refractivity contribution in [3.8, 4) is 5.69 Å². The Morgan fingerprint density at radius 2 is 1.74 bits per heavy atom. The Morgan fingerprint density at radius 3 is 2.33 bits per heavy atom. The second kappa shape index (κ2) is 12.6. The third-order valence-corrected chi connectivity index (χ3v) is 7.28. The summed E-state index contributed by atoms with van der Waals surface area (Å²) in [5, 5.41) is 8.13. The predicted octanol–water partition coefficient (Wildman–Crippen LogP) is 6.10. The maximum Gasteiger partial charge on any atom is 0.322 e. The van der Waals surface area contributed by atoms with E-state index in [1.165, 1.54) is 12.1 Å². The molecule has 2 heterocycles. The van der Waals surface area contributed by atoms with Crippen molar-refractivity contribution in [1.82, 2.24) is 19.6 Å². The third-order valence-electron chi connectivity index (χ3n) is 7.28.